The van der Waals surface area contributed by atoms with Crippen molar-refractivity contribution in [3.63, 3.8) is 0 Å². The summed E-state index contributed by atoms with van der Waals surface area (Å²) in [6.45, 7) is 2.15. The number of hydrogen-bond acceptors (Lipinski definition) is 3. The molecule has 5 heteroatoms. The van der Waals surface area contributed by atoms with Crippen LogP contribution in [0.5, 0.6) is 0 Å². The standard InChI is InChI=1S/C21H25N3O2/c25-20(23-12-7-10-17-8-3-1-4-9-17)18-11-13-22-19(16-18)21(26)24-14-5-2-6-15-24/h1,3-4,8-9,11,13,16H,2,5-7,10,12,14-15H2,(H,23,25). The van der Waals surface area contributed by atoms with Crippen molar-refractivity contribution in [2.24, 2.45) is 0 Å². The molecule has 0 radical (unpaired) electrons. The number of carbonyl (C=O) groups is 2. The molecule has 1 aliphatic rings. The van der Waals surface area contributed by atoms with Gasteiger partial charge < -0.3 is 10.2 Å². The maximum absolute atomic E-state index is 12.5. The fraction of sp³-hybridized carbons (Fsp3) is 0.381. The van der Waals surface area contributed by atoms with E-state index in [1.54, 1.807) is 12.1 Å². The number of piperidine rings is 1. The first-order chi connectivity index (χ1) is 12.7. The Kier molecular flexibility index (Phi) is 6.36. The molecule has 0 unspecified atom stereocenters. The Morgan fingerprint density at radius 2 is 1.81 bits per heavy atom. The van der Waals surface area contributed by atoms with E-state index in [2.05, 4.69) is 22.4 Å². The minimum atomic E-state index is -0.159. The first-order valence-corrected chi connectivity index (χ1v) is 9.31. The largest absolute Gasteiger partial charge is 0.352 e. The average molecular weight is 351 g/mol. The number of rotatable bonds is 6. The zero-order chi connectivity index (χ0) is 18.2. The van der Waals surface area contributed by atoms with E-state index in [-0.39, 0.29) is 11.8 Å². The average Bonchev–Trinajstić information content (AvgIpc) is 2.72. The maximum atomic E-state index is 12.5. The lowest BCUT2D eigenvalue weighted by Crippen LogP contribution is -2.36. The van der Waals surface area contributed by atoms with E-state index in [4.69, 9.17) is 0 Å². The smallest absolute Gasteiger partial charge is 0.272 e. The van der Waals surface area contributed by atoms with E-state index >= 15 is 0 Å². The molecule has 1 aliphatic heterocycles. The molecule has 0 spiro atoms. The highest BCUT2D eigenvalue weighted by Crippen LogP contribution is 2.13. The maximum Gasteiger partial charge on any atom is 0.272 e. The molecule has 1 aromatic carbocycles. The molecule has 0 saturated carbocycles. The van der Waals surface area contributed by atoms with Gasteiger partial charge in [-0.3, -0.25) is 14.6 Å². The van der Waals surface area contributed by atoms with E-state index < -0.39 is 0 Å². The number of pyridine rings is 1. The topological polar surface area (TPSA) is 62.3 Å². The van der Waals surface area contributed by atoms with Gasteiger partial charge in [-0.05, 0) is 49.8 Å². The van der Waals surface area contributed by atoms with Gasteiger partial charge in [0.2, 0.25) is 0 Å². The first kappa shape index (κ1) is 18.1. The fourth-order valence-corrected chi connectivity index (χ4v) is 3.19. The molecule has 2 aromatic rings. The molecule has 0 atom stereocenters. The van der Waals surface area contributed by atoms with Crippen LogP contribution in [0.3, 0.4) is 0 Å². The number of aromatic nitrogens is 1. The van der Waals surface area contributed by atoms with E-state index in [1.807, 2.05) is 23.1 Å². The molecule has 26 heavy (non-hydrogen) atoms. The van der Waals surface area contributed by atoms with Crippen molar-refractivity contribution in [2.75, 3.05) is 19.6 Å². The van der Waals surface area contributed by atoms with E-state index in [9.17, 15) is 9.59 Å². The number of hydrogen-bond donors (Lipinski definition) is 1. The highest BCUT2D eigenvalue weighted by Gasteiger charge is 2.20. The number of benzene rings is 1. The van der Waals surface area contributed by atoms with Gasteiger partial charge in [0.05, 0.1) is 0 Å². The summed E-state index contributed by atoms with van der Waals surface area (Å²) >= 11 is 0. The van der Waals surface area contributed by atoms with Crippen LogP contribution in [0, 0.1) is 0 Å². The van der Waals surface area contributed by atoms with Crippen molar-refractivity contribution in [2.45, 2.75) is 32.1 Å². The summed E-state index contributed by atoms with van der Waals surface area (Å²) in [5.74, 6) is -0.239. The third kappa shape index (κ3) is 4.91. The normalized spacial score (nSPS) is 14.1. The Bertz CT molecular complexity index is 740. The van der Waals surface area contributed by atoms with Crippen molar-refractivity contribution >= 4 is 11.8 Å². The van der Waals surface area contributed by atoms with Crippen molar-refractivity contribution in [3.05, 3.63) is 65.5 Å². The van der Waals surface area contributed by atoms with Crippen LogP contribution < -0.4 is 5.32 Å². The predicted molar refractivity (Wildman–Crippen MR) is 101 cm³/mol. The van der Waals surface area contributed by atoms with Gasteiger partial charge in [-0.2, -0.15) is 0 Å². The summed E-state index contributed by atoms with van der Waals surface area (Å²) in [5, 5.41) is 2.92. The molecule has 136 valence electrons. The minimum absolute atomic E-state index is 0.0802. The summed E-state index contributed by atoms with van der Waals surface area (Å²) in [4.78, 5) is 30.9. The van der Waals surface area contributed by atoms with Gasteiger partial charge in [-0.15, -0.1) is 0 Å². The quantitative estimate of drug-likeness (QED) is 0.814. The number of nitrogens with zero attached hydrogens (tertiary/aromatic N) is 2. The van der Waals surface area contributed by atoms with E-state index in [0.29, 0.717) is 17.8 Å². The van der Waals surface area contributed by atoms with Gasteiger partial charge >= 0.3 is 0 Å². The minimum Gasteiger partial charge on any atom is -0.352 e. The van der Waals surface area contributed by atoms with Gasteiger partial charge in [0, 0.05) is 31.4 Å². The highest BCUT2D eigenvalue weighted by atomic mass is 16.2. The molecule has 1 aromatic heterocycles. The third-order valence-corrected chi connectivity index (χ3v) is 4.66. The van der Waals surface area contributed by atoms with E-state index in [1.165, 1.54) is 18.2 Å². The Balaban J connectivity index is 1.52. The van der Waals surface area contributed by atoms with Gasteiger partial charge in [-0.25, -0.2) is 0 Å². The fourth-order valence-electron chi connectivity index (χ4n) is 3.19. The Hall–Kier alpha value is -2.69. The second-order valence-corrected chi connectivity index (χ2v) is 6.63. The summed E-state index contributed by atoms with van der Waals surface area (Å²) in [5.41, 5.74) is 2.10. The van der Waals surface area contributed by atoms with Crippen LogP contribution in [0.15, 0.2) is 48.7 Å². The molecule has 3 rings (SSSR count). The Morgan fingerprint density at radius 3 is 2.58 bits per heavy atom. The Morgan fingerprint density at radius 1 is 1.04 bits per heavy atom. The molecule has 2 amide bonds. The molecular weight excluding hydrogens is 326 g/mol. The van der Waals surface area contributed by atoms with Crippen molar-refractivity contribution in [1.29, 1.82) is 0 Å². The number of aryl methyl sites for hydroxylation is 1. The molecule has 2 heterocycles. The summed E-state index contributed by atoms with van der Waals surface area (Å²) in [7, 11) is 0. The first-order valence-electron chi connectivity index (χ1n) is 9.31. The third-order valence-electron chi connectivity index (χ3n) is 4.66. The number of likely N-dealkylation sites (tertiary alicyclic amines) is 1. The molecular formula is C21H25N3O2. The van der Waals surface area contributed by atoms with Crippen LogP contribution >= 0.6 is 0 Å². The van der Waals surface area contributed by atoms with Crippen LogP contribution in [0.1, 0.15) is 52.1 Å². The van der Waals surface area contributed by atoms with Crippen molar-refractivity contribution < 1.29 is 9.59 Å². The molecule has 1 N–H and O–H groups in total. The van der Waals surface area contributed by atoms with Gasteiger partial charge in [0.25, 0.3) is 11.8 Å². The van der Waals surface area contributed by atoms with E-state index in [0.717, 1.165) is 38.8 Å². The zero-order valence-corrected chi connectivity index (χ0v) is 15.0. The van der Waals surface area contributed by atoms with Crippen LogP contribution in [-0.4, -0.2) is 41.3 Å². The van der Waals surface area contributed by atoms with Crippen LogP contribution in [0.2, 0.25) is 0 Å². The molecule has 0 bridgehead atoms. The van der Waals surface area contributed by atoms with Crippen LogP contribution in [0.25, 0.3) is 0 Å². The van der Waals surface area contributed by atoms with Gasteiger partial charge in [0.1, 0.15) is 5.69 Å². The predicted octanol–water partition coefficient (Wildman–Crippen LogP) is 3.07. The summed E-state index contributed by atoms with van der Waals surface area (Å²) in [6, 6.07) is 13.5. The summed E-state index contributed by atoms with van der Waals surface area (Å²) < 4.78 is 0. The lowest BCUT2D eigenvalue weighted by atomic mass is 10.1. The molecule has 0 aliphatic carbocycles. The zero-order valence-electron chi connectivity index (χ0n) is 15.0. The monoisotopic (exact) mass is 351 g/mol. The van der Waals surface area contributed by atoms with Gasteiger partial charge in [-0.1, -0.05) is 30.3 Å². The molecule has 5 nitrogen and oxygen atoms in total. The number of carbonyl (C=O) groups excluding carboxylic acids is 2. The molecule has 1 fully saturated rings. The lowest BCUT2D eigenvalue weighted by Gasteiger charge is -2.26. The van der Waals surface area contributed by atoms with Gasteiger partial charge in [0.15, 0.2) is 0 Å². The van der Waals surface area contributed by atoms with Crippen LogP contribution in [-0.2, 0) is 6.42 Å². The second kappa shape index (κ2) is 9.13. The SMILES string of the molecule is O=C(NCCCc1ccccc1)c1ccnc(C(=O)N2CCCCC2)c1. The lowest BCUT2D eigenvalue weighted by molar-refractivity contribution is 0.0718. The molecule has 1 saturated heterocycles. The summed E-state index contributed by atoms with van der Waals surface area (Å²) in [6.07, 6.45) is 6.58. The Labute approximate surface area is 154 Å². The second-order valence-electron chi connectivity index (χ2n) is 6.63. The number of amides is 2. The van der Waals surface area contributed by atoms with Crippen LogP contribution in [0.4, 0.5) is 0 Å². The number of nitrogens with one attached hydrogen (secondary N) is 1. The van der Waals surface area contributed by atoms with Crippen molar-refractivity contribution in [3.8, 4) is 0 Å². The highest BCUT2D eigenvalue weighted by molar-refractivity contribution is 5.98. The van der Waals surface area contributed by atoms with Crippen molar-refractivity contribution in [1.82, 2.24) is 15.2 Å².